The number of oxime groups is 1. The van der Waals surface area contributed by atoms with Gasteiger partial charge in [-0.25, -0.2) is 4.39 Å². The highest BCUT2D eigenvalue weighted by Gasteiger charge is 2.22. The lowest BCUT2D eigenvalue weighted by molar-refractivity contribution is -0.116. The minimum Gasteiger partial charge on any atom is -0.489 e. The van der Waals surface area contributed by atoms with Crippen LogP contribution in [0.5, 0.6) is 5.75 Å². The van der Waals surface area contributed by atoms with E-state index in [2.05, 4.69) is 5.16 Å². The van der Waals surface area contributed by atoms with Gasteiger partial charge in [-0.05, 0) is 42.7 Å². The number of nitrogens with zero attached hydrogens (tertiary/aromatic N) is 2. The molecule has 0 bridgehead atoms. The Morgan fingerprint density at radius 1 is 1.24 bits per heavy atom. The molecule has 0 aromatic heterocycles. The maximum absolute atomic E-state index is 14.2. The lowest BCUT2D eigenvalue weighted by Gasteiger charge is -2.23. The van der Waals surface area contributed by atoms with E-state index in [9.17, 15) is 14.4 Å². The summed E-state index contributed by atoms with van der Waals surface area (Å²) in [6.07, 6.45) is 1.46. The van der Waals surface area contributed by atoms with Crippen molar-refractivity contribution >= 4 is 17.3 Å². The van der Waals surface area contributed by atoms with E-state index in [-0.39, 0.29) is 18.4 Å². The first-order chi connectivity index (χ1) is 14.0. The lowest BCUT2D eigenvalue weighted by Crippen LogP contribution is -2.24. The van der Waals surface area contributed by atoms with Crippen LogP contribution in [-0.2, 0) is 16.1 Å². The topological polar surface area (TPSA) is 71.4 Å². The minimum absolute atomic E-state index is 0.0224. The molecule has 3 rings (SSSR count). The molecule has 0 spiro atoms. The number of hydrogen-bond donors (Lipinski definition) is 1. The number of carbonyl (C=O) groups is 1. The van der Waals surface area contributed by atoms with Crippen molar-refractivity contribution in [2.24, 2.45) is 11.1 Å². The minimum atomic E-state index is -0.454. The molecule has 0 aliphatic carbocycles. The molecule has 2 aromatic carbocycles. The van der Waals surface area contributed by atoms with Gasteiger partial charge in [0.25, 0.3) is 0 Å². The summed E-state index contributed by atoms with van der Waals surface area (Å²) in [5.41, 5.74) is 2.63. The summed E-state index contributed by atoms with van der Waals surface area (Å²) in [6.45, 7) is 2.94. The molecule has 1 amide bonds. The second kappa shape index (κ2) is 9.52. The van der Waals surface area contributed by atoms with Crippen molar-refractivity contribution in [1.29, 1.82) is 0 Å². The van der Waals surface area contributed by atoms with Gasteiger partial charge in [-0.15, -0.1) is 0 Å². The van der Waals surface area contributed by atoms with Gasteiger partial charge in [-0.3, -0.25) is 4.79 Å². The van der Waals surface area contributed by atoms with E-state index in [1.165, 1.54) is 19.1 Å². The van der Waals surface area contributed by atoms with Gasteiger partial charge in [0.15, 0.2) is 0 Å². The number of benzene rings is 2. The summed E-state index contributed by atoms with van der Waals surface area (Å²) in [5.74, 6) is -0.122. The van der Waals surface area contributed by atoms with Gasteiger partial charge in [0, 0.05) is 50.4 Å². The van der Waals surface area contributed by atoms with E-state index in [0.29, 0.717) is 30.2 Å². The number of carbonyl (C=O) groups excluding carboxylic acids is 1. The van der Waals surface area contributed by atoms with E-state index in [1.807, 2.05) is 24.3 Å². The molecule has 2 aromatic rings. The average molecular weight is 400 g/mol. The first-order valence-electron chi connectivity index (χ1n) is 9.54. The highest BCUT2D eigenvalue weighted by atomic mass is 19.1. The van der Waals surface area contributed by atoms with Crippen LogP contribution in [-0.4, -0.2) is 37.1 Å². The van der Waals surface area contributed by atoms with Crippen LogP contribution >= 0.6 is 0 Å². The number of hydrogen-bond acceptors (Lipinski definition) is 5. The second-order valence-electron chi connectivity index (χ2n) is 7.08. The van der Waals surface area contributed by atoms with E-state index >= 15 is 0 Å². The molecule has 1 aliphatic rings. The summed E-state index contributed by atoms with van der Waals surface area (Å²) in [5, 5.41) is 12.9. The number of anilines is 1. The molecule has 1 N–H and O–H groups in total. The Bertz CT molecular complexity index is 877. The summed E-state index contributed by atoms with van der Waals surface area (Å²) in [7, 11) is 1.71. The zero-order valence-corrected chi connectivity index (χ0v) is 16.6. The summed E-state index contributed by atoms with van der Waals surface area (Å²) >= 11 is 0. The fourth-order valence-corrected chi connectivity index (χ4v) is 3.30. The second-order valence-corrected chi connectivity index (χ2v) is 7.08. The molecule has 0 atom stereocenters. The summed E-state index contributed by atoms with van der Waals surface area (Å²) < 4.78 is 25.3. The van der Waals surface area contributed by atoms with Gasteiger partial charge in [-0.2, -0.15) is 0 Å². The lowest BCUT2D eigenvalue weighted by atomic mass is 9.90. The van der Waals surface area contributed by atoms with Crippen molar-refractivity contribution in [3.63, 3.8) is 0 Å². The van der Waals surface area contributed by atoms with Crippen LogP contribution in [0.3, 0.4) is 0 Å². The fraction of sp³-hybridized carbons (Fsp3) is 0.364. The largest absolute Gasteiger partial charge is 0.489 e. The first kappa shape index (κ1) is 20.8. The molecular weight excluding hydrogens is 375 g/mol. The zero-order chi connectivity index (χ0) is 20.8. The smallest absolute Gasteiger partial charge is 0.223 e. The third-order valence-electron chi connectivity index (χ3n) is 5.08. The normalized spacial score (nSPS) is 15.2. The van der Waals surface area contributed by atoms with Crippen molar-refractivity contribution in [1.82, 2.24) is 0 Å². The van der Waals surface area contributed by atoms with Crippen LogP contribution in [0.2, 0.25) is 0 Å². The Balaban J connectivity index is 1.70. The van der Waals surface area contributed by atoms with Crippen LogP contribution in [0.15, 0.2) is 47.6 Å². The van der Waals surface area contributed by atoms with Gasteiger partial charge >= 0.3 is 0 Å². The van der Waals surface area contributed by atoms with E-state index in [4.69, 9.17) is 9.47 Å². The molecule has 1 heterocycles. The van der Waals surface area contributed by atoms with Crippen molar-refractivity contribution in [2.75, 3.05) is 25.2 Å². The maximum Gasteiger partial charge on any atom is 0.223 e. The average Bonchev–Trinajstić information content (AvgIpc) is 2.73. The molecule has 1 fully saturated rings. The molecule has 1 saturated heterocycles. The van der Waals surface area contributed by atoms with Gasteiger partial charge < -0.3 is 19.6 Å². The van der Waals surface area contributed by atoms with E-state index < -0.39 is 5.82 Å². The number of amides is 1. The monoisotopic (exact) mass is 400 g/mol. The van der Waals surface area contributed by atoms with Gasteiger partial charge in [0.2, 0.25) is 5.91 Å². The quantitative estimate of drug-likeness (QED) is 0.452. The van der Waals surface area contributed by atoms with Crippen molar-refractivity contribution in [3.05, 3.63) is 59.4 Å². The van der Waals surface area contributed by atoms with Crippen LogP contribution in [0.25, 0.3) is 0 Å². The molecule has 154 valence electrons. The Labute approximate surface area is 169 Å². The van der Waals surface area contributed by atoms with Crippen LogP contribution in [0.1, 0.15) is 30.9 Å². The predicted octanol–water partition coefficient (Wildman–Crippen LogP) is 3.99. The van der Waals surface area contributed by atoms with Crippen LogP contribution in [0.4, 0.5) is 10.1 Å². The Hall–Kier alpha value is -2.93. The summed E-state index contributed by atoms with van der Waals surface area (Å²) in [6, 6.07) is 11.7. The number of ether oxygens (including phenoxy) is 2. The van der Waals surface area contributed by atoms with Crippen LogP contribution < -0.4 is 9.64 Å². The van der Waals surface area contributed by atoms with Crippen molar-refractivity contribution < 1.29 is 23.9 Å². The van der Waals surface area contributed by atoms with Gasteiger partial charge in [0.1, 0.15) is 18.2 Å². The molecular formula is C22H25FN2O4. The molecule has 7 heteroatoms. The fourth-order valence-electron chi connectivity index (χ4n) is 3.30. The highest BCUT2D eigenvalue weighted by Crippen LogP contribution is 2.25. The molecule has 0 unspecified atom stereocenters. The number of rotatable bonds is 6. The molecule has 1 aliphatic heterocycles. The Kier molecular flexibility index (Phi) is 6.82. The maximum atomic E-state index is 14.2. The predicted molar refractivity (Wildman–Crippen MR) is 108 cm³/mol. The SMILES string of the molecule is CC(=O)N(C)c1ccc(COc2cc(F)cc(/C(=N\O)C3CCOCC3)c2)cc1. The molecule has 0 saturated carbocycles. The third kappa shape index (κ3) is 5.32. The Morgan fingerprint density at radius 3 is 2.55 bits per heavy atom. The molecule has 6 nitrogen and oxygen atoms in total. The van der Waals surface area contributed by atoms with Gasteiger partial charge in [-0.1, -0.05) is 17.3 Å². The van der Waals surface area contributed by atoms with Gasteiger partial charge in [0.05, 0.1) is 5.71 Å². The van der Waals surface area contributed by atoms with Crippen molar-refractivity contribution in [3.8, 4) is 5.75 Å². The van der Waals surface area contributed by atoms with Crippen molar-refractivity contribution in [2.45, 2.75) is 26.4 Å². The highest BCUT2D eigenvalue weighted by molar-refractivity contribution is 6.02. The number of halogens is 1. The first-order valence-corrected chi connectivity index (χ1v) is 9.54. The zero-order valence-electron chi connectivity index (χ0n) is 16.6. The summed E-state index contributed by atoms with van der Waals surface area (Å²) in [4.78, 5) is 13.0. The standard InChI is InChI=1S/C22H25FN2O4/c1-15(26)25(2)20-5-3-16(4-6-20)14-29-21-12-18(11-19(23)13-21)22(24-27)17-7-9-28-10-8-17/h3-6,11-13,17,27H,7-10,14H2,1-2H3/b24-22-. The molecule has 29 heavy (non-hydrogen) atoms. The Morgan fingerprint density at radius 2 is 1.93 bits per heavy atom. The molecule has 0 radical (unpaired) electrons. The van der Waals surface area contributed by atoms with E-state index in [1.54, 1.807) is 18.0 Å². The third-order valence-corrected chi connectivity index (χ3v) is 5.08. The van der Waals surface area contributed by atoms with Crippen LogP contribution in [0, 0.1) is 11.7 Å². The van der Waals surface area contributed by atoms with E-state index in [0.717, 1.165) is 24.1 Å².